The van der Waals surface area contributed by atoms with Gasteiger partial charge in [0.15, 0.2) is 0 Å². The molecule has 2 fully saturated rings. The molecule has 0 radical (unpaired) electrons. The minimum absolute atomic E-state index is 0.527. The highest BCUT2D eigenvalue weighted by molar-refractivity contribution is 5.76. The molecule has 1 aromatic carbocycles. The van der Waals surface area contributed by atoms with Gasteiger partial charge in [0.1, 0.15) is 6.04 Å². The van der Waals surface area contributed by atoms with E-state index in [1.54, 1.807) is 0 Å². The van der Waals surface area contributed by atoms with E-state index in [2.05, 4.69) is 6.07 Å². The second-order valence-corrected chi connectivity index (χ2v) is 5.29. The fraction of sp³-hybridized carbons (Fsp3) is 0.533. The molecule has 0 bridgehead atoms. The van der Waals surface area contributed by atoms with Gasteiger partial charge in [-0.1, -0.05) is 24.3 Å². The number of ether oxygens (including phenoxy) is 1. The number of nitrogens with zero attached hydrogens (tertiary/aromatic N) is 1. The van der Waals surface area contributed by atoms with Crippen molar-refractivity contribution in [1.29, 1.82) is 0 Å². The van der Waals surface area contributed by atoms with Crippen LogP contribution in [0.3, 0.4) is 0 Å². The van der Waals surface area contributed by atoms with Crippen molar-refractivity contribution >= 4 is 5.97 Å². The number of carbonyl (C=O) groups is 1. The van der Waals surface area contributed by atoms with Gasteiger partial charge in [0.05, 0.1) is 13.2 Å². The fourth-order valence-corrected chi connectivity index (χ4v) is 2.85. The number of benzene rings is 1. The summed E-state index contributed by atoms with van der Waals surface area (Å²) >= 11 is 0. The summed E-state index contributed by atoms with van der Waals surface area (Å²) in [5.74, 6) is -0.186. The highest BCUT2D eigenvalue weighted by atomic mass is 16.5. The second-order valence-electron chi connectivity index (χ2n) is 5.29. The zero-order valence-electron chi connectivity index (χ0n) is 10.9. The third-order valence-electron chi connectivity index (χ3n) is 3.95. The number of hydrogen-bond donors (Lipinski definition) is 1. The van der Waals surface area contributed by atoms with Gasteiger partial charge in [-0.2, -0.15) is 0 Å². The maximum atomic E-state index is 11.7. The van der Waals surface area contributed by atoms with Gasteiger partial charge in [0, 0.05) is 13.1 Å². The Balaban J connectivity index is 1.93. The number of morpholine rings is 1. The van der Waals surface area contributed by atoms with Crippen LogP contribution < -0.4 is 0 Å². The summed E-state index contributed by atoms with van der Waals surface area (Å²) in [6, 6.07) is 7.49. The molecule has 1 heterocycles. The maximum Gasteiger partial charge on any atom is 0.325 e. The number of carboxylic acid groups (broad SMARTS) is 1. The van der Waals surface area contributed by atoms with Gasteiger partial charge in [0.2, 0.25) is 0 Å². The van der Waals surface area contributed by atoms with E-state index in [0.29, 0.717) is 32.2 Å². The summed E-state index contributed by atoms with van der Waals surface area (Å²) in [7, 11) is 0. The van der Waals surface area contributed by atoms with Crippen LogP contribution in [0.1, 0.15) is 35.9 Å². The van der Waals surface area contributed by atoms with Crippen LogP contribution in [0.15, 0.2) is 24.3 Å². The molecule has 1 N–H and O–H groups in total. The summed E-state index contributed by atoms with van der Waals surface area (Å²) in [4.78, 5) is 13.7. The molecule has 1 saturated carbocycles. The van der Waals surface area contributed by atoms with Crippen LogP contribution in [0.2, 0.25) is 0 Å². The predicted octanol–water partition coefficient (Wildman–Crippen LogP) is 2.02. The molecule has 19 heavy (non-hydrogen) atoms. The summed E-state index contributed by atoms with van der Waals surface area (Å²) < 4.78 is 5.32. The first-order chi connectivity index (χ1) is 9.27. The van der Waals surface area contributed by atoms with Gasteiger partial charge in [-0.25, -0.2) is 0 Å². The molecular formula is C15H19NO3. The van der Waals surface area contributed by atoms with Crippen LogP contribution in [0.4, 0.5) is 0 Å². The van der Waals surface area contributed by atoms with Gasteiger partial charge in [-0.15, -0.1) is 0 Å². The smallest absolute Gasteiger partial charge is 0.325 e. The molecule has 2 aliphatic rings. The summed E-state index contributed by atoms with van der Waals surface area (Å²) in [6.07, 6.45) is 2.37. The molecule has 1 aliphatic carbocycles. The van der Waals surface area contributed by atoms with Crippen LogP contribution in [-0.4, -0.2) is 42.3 Å². The van der Waals surface area contributed by atoms with Crippen molar-refractivity contribution in [1.82, 2.24) is 4.90 Å². The van der Waals surface area contributed by atoms with Gasteiger partial charge in [0.25, 0.3) is 0 Å². The van der Waals surface area contributed by atoms with Crippen LogP contribution in [0, 0.1) is 0 Å². The number of aliphatic carboxylic acids is 1. The van der Waals surface area contributed by atoms with Crippen LogP contribution in [-0.2, 0) is 9.53 Å². The fourth-order valence-electron chi connectivity index (χ4n) is 2.85. The van der Waals surface area contributed by atoms with Crippen LogP contribution in [0.5, 0.6) is 0 Å². The summed E-state index contributed by atoms with van der Waals surface area (Å²) in [5.41, 5.74) is 2.20. The standard InChI is InChI=1S/C15H19NO3/c17-15(18)14(16-7-9-19-10-8-16)13-4-2-1-3-12(13)11-5-6-11/h1-4,11,14H,5-10H2,(H,17,18). The van der Waals surface area contributed by atoms with Gasteiger partial charge >= 0.3 is 5.97 Å². The highest BCUT2D eigenvalue weighted by Gasteiger charge is 2.34. The lowest BCUT2D eigenvalue weighted by Gasteiger charge is -2.33. The van der Waals surface area contributed by atoms with Crippen molar-refractivity contribution in [2.24, 2.45) is 0 Å². The molecular weight excluding hydrogens is 242 g/mol. The van der Waals surface area contributed by atoms with Crippen molar-refractivity contribution in [3.05, 3.63) is 35.4 Å². The second kappa shape index (κ2) is 5.31. The molecule has 1 atom stereocenters. The third kappa shape index (κ3) is 2.65. The van der Waals surface area contributed by atoms with Crippen molar-refractivity contribution in [3.63, 3.8) is 0 Å². The van der Waals surface area contributed by atoms with E-state index in [0.717, 1.165) is 5.56 Å². The van der Waals surface area contributed by atoms with Gasteiger partial charge in [-0.3, -0.25) is 9.69 Å². The van der Waals surface area contributed by atoms with Gasteiger partial charge in [-0.05, 0) is 29.9 Å². The zero-order valence-corrected chi connectivity index (χ0v) is 10.9. The van der Waals surface area contributed by atoms with Gasteiger partial charge < -0.3 is 9.84 Å². The SMILES string of the molecule is O=C(O)C(c1ccccc1C1CC1)N1CCOCC1. The Labute approximate surface area is 113 Å². The molecule has 1 saturated heterocycles. The molecule has 1 unspecified atom stereocenters. The quantitative estimate of drug-likeness (QED) is 0.901. The highest BCUT2D eigenvalue weighted by Crippen LogP contribution is 2.43. The Kier molecular flexibility index (Phi) is 3.53. The Morgan fingerprint density at radius 1 is 1.26 bits per heavy atom. The summed E-state index contributed by atoms with van der Waals surface area (Å²) in [6.45, 7) is 2.62. The largest absolute Gasteiger partial charge is 0.480 e. The molecule has 4 nitrogen and oxygen atoms in total. The lowest BCUT2D eigenvalue weighted by atomic mass is 9.96. The van der Waals surface area contributed by atoms with E-state index in [-0.39, 0.29) is 0 Å². The van der Waals surface area contributed by atoms with E-state index >= 15 is 0 Å². The van der Waals surface area contributed by atoms with Crippen molar-refractivity contribution in [2.45, 2.75) is 24.8 Å². The first-order valence-electron chi connectivity index (χ1n) is 6.91. The first-order valence-corrected chi connectivity index (χ1v) is 6.91. The average molecular weight is 261 g/mol. The molecule has 102 valence electrons. The van der Waals surface area contributed by atoms with Crippen LogP contribution >= 0.6 is 0 Å². The molecule has 1 aromatic rings. The number of hydrogen-bond acceptors (Lipinski definition) is 3. The molecule has 3 rings (SSSR count). The maximum absolute atomic E-state index is 11.7. The number of rotatable bonds is 4. The third-order valence-corrected chi connectivity index (χ3v) is 3.95. The number of carboxylic acids is 1. The Bertz CT molecular complexity index is 464. The Morgan fingerprint density at radius 3 is 2.58 bits per heavy atom. The molecule has 0 aromatic heterocycles. The van der Waals surface area contributed by atoms with E-state index < -0.39 is 12.0 Å². The predicted molar refractivity (Wildman–Crippen MR) is 71.2 cm³/mol. The lowest BCUT2D eigenvalue weighted by Crippen LogP contribution is -2.42. The van der Waals surface area contributed by atoms with E-state index in [4.69, 9.17) is 4.74 Å². The van der Waals surface area contributed by atoms with E-state index in [1.807, 2.05) is 23.1 Å². The minimum atomic E-state index is -0.755. The average Bonchev–Trinajstić information content (AvgIpc) is 3.25. The zero-order chi connectivity index (χ0) is 13.2. The normalized spacial score (nSPS) is 22.1. The minimum Gasteiger partial charge on any atom is -0.480 e. The topological polar surface area (TPSA) is 49.8 Å². The van der Waals surface area contributed by atoms with Crippen molar-refractivity contribution in [3.8, 4) is 0 Å². The van der Waals surface area contributed by atoms with E-state index in [1.165, 1.54) is 18.4 Å². The molecule has 1 aliphatic heterocycles. The Morgan fingerprint density at radius 2 is 1.95 bits per heavy atom. The van der Waals surface area contributed by atoms with E-state index in [9.17, 15) is 9.90 Å². The molecule has 0 spiro atoms. The monoisotopic (exact) mass is 261 g/mol. The first kappa shape index (κ1) is 12.6. The van der Waals surface area contributed by atoms with Crippen molar-refractivity contribution in [2.75, 3.05) is 26.3 Å². The lowest BCUT2D eigenvalue weighted by molar-refractivity contribution is -0.145. The summed E-state index contributed by atoms with van der Waals surface area (Å²) in [5, 5.41) is 9.62. The molecule has 0 amide bonds. The molecule has 4 heteroatoms. The van der Waals surface area contributed by atoms with Crippen LogP contribution in [0.25, 0.3) is 0 Å². The Hall–Kier alpha value is -1.39. The van der Waals surface area contributed by atoms with Crippen molar-refractivity contribution < 1.29 is 14.6 Å².